The van der Waals surface area contributed by atoms with E-state index in [-0.39, 0.29) is 11.6 Å². The fourth-order valence-corrected chi connectivity index (χ4v) is 2.12. The summed E-state index contributed by atoms with van der Waals surface area (Å²) in [7, 11) is 0. The van der Waals surface area contributed by atoms with E-state index in [1.165, 1.54) is 6.07 Å². The first-order valence-corrected chi connectivity index (χ1v) is 6.76. The SMILES string of the molecule is C/C(=N/O)c1cc(C)ccc1OCc1cccc(Cl)c1F. The second-order valence-corrected chi connectivity index (χ2v) is 5.09. The molecule has 0 saturated heterocycles. The van der Waals surface area contributed by atoms with Crippen molar-refractivity contribution in [3.05, 3.63) is 63.9 Å². The summed E-state index contributed by atoms with van der Waals surface area (Å²) in [6.45, 7) is 3.64. The third-order valence-electron chi connectivity index (χ3n) is 3.09. The molecule has 2 rings (SSSR count). The van der Waals surface area contributed by atoms with Gasteiger partial charge in [-0.1, -0.05) is 40.5 Å². The normalized spacial score (nSPS) is 11.5. The molecule has 0 aliphatic carbocycles. The maximum Gasteiger partial charge on any atom is 0.148 e. The Hall–Kier alpha value is -2.07. The Labute approximate surface area is 127 Å². The van der Waals surface area contributed by atoms with Gasteiger partial charge >= 0.3 is 0 Å². The molecule has 0 atom stereocenters. The van der Waals surface area contributed by atoms with Gasteiger partial charge in [0, 0.05) is 11.1 Å². The predicted octanol–water partition coefficient (Wildman–Crippen LogP) is 4.56. The third-order valence-corrected chi connectivity index (χ3v) is 3.38. The molecule has 21 heavy (non-hydrogen) atoms. The maximum atomic E-state index is 13.8. The number of halogens is 2. The van der Waals surface area contributed by atoms with Gasteiger partial charge in [-0.2, -0.15) is 0 Å². The molecule has 2 aromatic rings. The van der Waals surface area contributed by atoms with E-state index in [1.807, 2.05) is 19.1 Å². The monoisotopic (exact) mass is 307 g/mol. The van der Waals surface area contributed by atoms with E-state index in [2.05, 4.69) is 5.16 Å². The summed E-state index contributed by atoms with van der Waals surface area (Å²) in [5.41, 5.74) is 2.47. The Bertz CT molecular complexity index is 686. The molecule has 0 aliphatic heterocycles. The molecule has 2 aromatic carbocycles. The number of aryl methyl sites for hydroxylation is 1. The average molecular weight is 308 g/mol. The van der Waals surface area contributed by atoms with Crippen molar-refractivity contribution in [3.8, 4) is 5.75 Å². The Morgan fingerprint density at radius 1 is 1.33 bits per heavy atom. The molecule has 0 radical (unpaired) electrons. The highest BCUT2D eigenvalue weighted by molar-refractivity contribution is 6.30. The molecule has 110 valence electrons. The Kier molecular flexibility index (Phi) is 4.81. The van der Waals surface area contributed by atoms with Crippen LogP contribution in [0.3, 0.4) is 0 Å². The minimum atomic E-state index is -0.486. The van der Waals surface area contributed by atoms with Gasteiger partial charge < -0.3 is 9.94 Å². The smallest absolute Gasteiger partial charge is 0.148 e. The van der Waals surface area contributed by atoms with Crippen LogP contribution in [0.25, 0.3) is 0 Å². The lowest BCUT2D eigenvalue weighted by atomic mass is 10.1. The number of ether oxygens (including phenoxy) is 1. The Morgan fingerprint density at radius 2 is 2.10 bits per heavy atom. The topological polar surface area (TPSA) is 41.8 Å². The van der Waals surface area contributed by atoms with E-state index in [9.17, 15) is 4.39 Å². The lowest BCUT2D eigenvalue weighted by Crippen LogP contribution is -2.04. The van der Waals surface area contributed by atoms with Crippen molar-refractivity contribution in [1.82, 2.24) is 0 Å². The molecule has 0 heterocycles. The molecule has 0 spiro atoms. The van der Waals surface area contributed by atoms with E-state index in [4.69, 9.17) is 21.5 Å². The fraction of sp³-hybridized carbons (Fsp3) is 0.188. The first-order chi connectivity index (χ1) is 10.0. The summed E-state index contributed by atoms with van der Waals surface area (Å²) >= 11 is 5.74. The molecule has 3 nitrogen and oxygen atoms in total. The summed E-state index contributed by atoms with van der Waals surface area (Å²) in [5, 5.41) is 12.2. The van der Waals surface area contributed by atoms with Crippen LogP contribution in [-0.2, 0) is 6.61 Å². The number of benzene rings is 2. The van der Waals surface area contributed by atoms with Gasteiger partial charge in [0.25, 0.3) is 0 Å². The van der Waals surface area contributed by atoms with Crippen LogP contribution in [0.15, 0.2) is 41.6 Å². The van der Waals surface area contributed by atoms with Crippen LogP contribution >= 0.6 is 11.6 Å². The zero-order chi connectivity index (χ0) is 15.4. The van der Waals surface area contributed by atoms with E-state index in [0.29, 0.717) is 22.6 Å². The van der Waals surface area contributed by atoms with E-state index >= 15 is 0 Å². The first kappa shape index (κ1) is 15.3. The van der Waals surface area contributed by atoms with E-state index in [0.717, 1.165) is 5.56 Å². The van der Waals surface area contributed by atoms with Gasteiger partial charge in [0.2, 0.25) is 0 Å². The van der Waals surface area contributed by atoms with Gasteiger partial charge in [0.05, 0.1) is 10.7 Å². The number of hydrogen-bond acceptors (Lipinski definition) is 3. The van der Waals surface area contributed by atoms with Crippen LogP contribution in [0.1, 0.15) is 23.6 Å². The molecule has 0 bridgehead atoms. The third kappa shape index (κ3) is 3.52. The molecule has 0 saturated carbocycles. The molecule has 0 fully saturated rings. The summed E-state index contributed by atoms with van der Waals surface area (Å²) in [4.78, 5) is 0. The zero-order valence-corrected chi connectivity index (χ0v) is 12.5. The van der Waals surface area contributed by atoms with E-state index in [1.54, 1.807) is 25.1 Å². The van der Waals surface area contributed by atoms with Gasteiger partial charge in [-0.15, -0.1) is 0 Å². The summed E-state index contributed by atoms with van der Waals surface area (Å²) in [5.74, 6) is 0.0376. The lowest BCUT2D eigenvalue weighted by molar-refractivity contribution is 0.297. The highest BCUT2D eigenvalue weighted by Crippen LogP contribution is 2.24. The standard InChI is InChI=1S/C16H15ClFNO2/c1-10-6-7-15(13(8-10)11(2)19-20)21-9-12-4-3-5-14(17)16(12)18/h3-8,20H,9H2,1-2H3/b19-11-. The van der Waals surface area contributed by atoms with Crippen LogP contribution in [0.2, 0.25) is 5.02 Å². The molecule has 1 N–H and O–H groups in total. The van der Waals surface area contributed by atoms with Crippen molar-refractivity contribution in [2.24, 2.45) is 5.16 Å². The van der Waals surface area contributed by atoms with Crippen LogP contribution in [0.4, 0.5) is 4.39 Å². The average Bonchev–Trinajstić information content (AvgIpc) is 2.49. The van der Waals surface area contributed by atoms with Crippen molar-refractivity contribution in [1.29, 1.82) is 0 Å². The van der Waals surface area contributed by atoms with Crippen molar-refractivity contribution in [2.45, 2.75) is 20.5 Å². The highest BCUT2D eigenvalue weighted by Gasteiger charge is 2.11. The summed E-state index contributed by atoms with van der Waals surface area (Å²) < 4.78 is 19.5. The second-order valence-electron chi connectivity index (χ2n) is 4.69. The minimum Gasteiger partial charge on any atom is -0.488 e. The number of rotatable bonds is 4. The number of nitrogens with zero attached hydrogens (tertiary/aromatic N) is 1. The Morgan fingerprint density at radius 3 is 2.81 bits per heavy atom. The van der Waals surface area contributed by atoms with Gasteiger partial charge in [-0.05, 0) is 32.0 Å². The Balaban J connectivity index is 2.26. The summed E-state index contributed by atoms with van der Waals surface area (Å²) in [6, 6.07) is 10.3. The number of oxime groups is 1. The molecule has 0 aliphatic rings. The van der Waals surface area contributed by atoms with Crippen molar-refractivity contribution >= 4 is 17.3 Å². The van der Waals surface area contributed by atoms with Crippen LogP contribution in [0.5, 0.6) is 5.75 Å². The van der Waals surface area contributed by atoms with Gasteiger partial charge in [0.15, 0.2) is 0 Å². The van der Waals surface area contributed by atoms with Crippen LogP contribution in [0, 0.1) is 12.7 Å². The van der Waals surface area contributed by atoms with E-state index < -0.39 is 5.82 Å². The zero-order valence-electron chi connectivity index (χ0n) is 11.7. The van der Waals surface area contributed by atoms with Crippen molar-refractivity contribution in [3.63, 3.8) is 0 Å². The second kappa shape index (κ2) is 6.59. The molecular weight excluding hydrogens is 293 g/mol. The molecule has 0 amide bonds. The van der Waals surface area contributed by atoms with Crippen molar-refractivity contribution in [2.75, 3.05) is 0 Å². The fourth-order valence-electron chi connectivity index (χ4n) is 1.92. The van der Waals surface area contributed by atoms with Crippen LogP contribution in [-0.4, -0.2) is 10.9 Å². The predicted molar refractivity (Wildman–Crippen MR) is 80.9 cm³/mol. The number of hydrogen-bond donors (Lipinski definition) is 1. The first-order valence-electron chi connectivity index (χ1n) is 6.38. The highest BCUT2D eigenvalue weighted by atomic mass is 35.5. The lowest BCUT2D eigenvalue weighted by Gasteiger charge is -2.12. The maximum absolute atomic E-state index is 13.8. The molecule has 0 aromatic heterocycles. The van der Waals surface area contributed by atoms with Gasteiger partial charge in [0.1, 0.15) is 18.2 Å². The van der Waals surface area contributed by atoms with Gasteiger partial charge in [-0.3, -0.25) is 0 Å². The molecule has 5 heteroatoms. The van der Waals surface area contributed by atoms with Gasteiger partial charge in [-0.25, -0.2) is 4.39 Å². The minimum absolute atomic E-state index is 0.0428. The van der Waals surface area contributed by atoms with Crippen molar-refractivity contribution < 1.29 is 14.3 Å². The summed E-state index contributed by atoms with van der Waals surface area (Å²) in [6.07, 6.45) is 0. The van der Waals surface area contributed by atoms with Crippen LogP contribution < -0.4 is 4.74 Å². The quantitative estimate of drug-likeness (QED) is 0.511. The molecular formula is C16H15ClFNO2. The largest absolute Gasteiger partial charge is 0.488 e. The molecule has 0 unspecified atom stereocenters.